The molecule has 0 spiro atoms. The van der Waals surface area contributed by atoms with Crippen molar-refractivity contribution in [2.75, 3.05) is 24.3 Å². The van der Waals surface area contributed by atoms with Gasteiger partial charge in [-0.3, -0.25) is 4.79 Å². The van der Waals surface area contributed by atoms with Gasteiger partial charge in [0.05, 0.1) is 10.5 Å². The molecule has 0 aliphatic carbocycles. The summed E-state index contributed by atoms with van der Waals surface area (Å²) in [6.07, 6.45) is 1.51. The van der Waals surface area contributed by atoms with Crippen LogP contribution in [0, 0.1) is 0 Å². The normalized spacial score (nSPS) is 11.5. The maximum Gasteiger partial charge on any atom is 0.257 e. The Balaban J connectivity index is 1.69. The van der Waals surface area contributed by atoms with Crippen molar-refractivity contribution in [3.05, 3.63) is 78.5 Å². The quantitative estimate of drug-likeness (QED) is 0.600. The lowest BCUT2D eigenvalue weighted by atomic mass is 10.2. The minimum absolute atomic E-state index is 0.152. The smallest absolute Gasteiger partial charge is 0.257 e. The topological polar surface area (TPSA) is 82.6 Å². The number of aromatic nitrogens is 1. The van der Waals surface area contributed by atoms with Crippen LogP contribution in [0.3, 0.4) is 0 Å². The molecule has 2 aromatic carbocycles. The van der Waals surface area contributed by atoms with Crippen molar-refractivity contribution in [3.8, 4) is 0 Å². The van der Waals surface area contributed by atoms with Gasteiger partial charge in [-0.05, 0) is 62.4 Å². The van der Waals surface area contributed by atoms with Crippen molar-refractivity contribution in [1.29, 1.82) is 0 Å². The Morgan fingerprint density at radius 3 is 2.13 bits per heavy atom. The summed E-state index contributed by atoms with van der Waals surface area (Å²) in [4.78, 5) is 19.0. The molecule has 0 aliphatic heterocycles. The van der Waals surface area contributed by atoms with Crippen LogP contribution in [0.2, 0.25) is 0 Å². The van der Waals surface area contributed by atoms with Gasteiger partial charge in [0.15, 0.2) is 0 Å². The molecule has 0 saturated carbocycles. The summed E-state index contributed by atoms with van der Waals surface area (Å²) < 4.78 is 26.4. The van der Waals surface area contributed by atoms with E-state index < -0.39 is 10.0 Å². The largest absolute Gasteiger partial charge is 0.329 e. The molecule has 0 radical (unpaired) electrons. The van der Waals surface area contributed by atoms with E-state index in [1.165, 1.54) is 22.6 Å². The molecular formula is C23H26N4O3S. The zero-order chi connectivity index (χ0) is 22.6. The Labute approximate surface area is 183 Å². The SMILES string of the molecule is CC(C)N(C)S(=O)(=O)c1ccc(NC(=O)c2ccc(N(C)c3ccccc3)nc2)cc1. The Morgan fingerprint density at radius 1 is 0.935 bits per heavy atom. The number of sulfonamides is 1. The first-order valence-corrected chi connectivity index (χ1v) is 11.3. The summed E-state index contributed by atoms with van der Waals surface area (Å²) in [5.74, 6) is 0.392. The molecule has 0 aliphatic rings. The number of pyridine rings is 1. The molecule has 3 aromatic rings. The number of benzene rings is 2. The second-order valence-electron chi connectivity index (χ2n) is 7.39. The van der Waals surface area contributed by atoms with E-state index in [0.717, 1.165) is 5.69 Å². The number of carbonyl (C=O) groups is 1. The molecule has 0 unspecified atom stereocenters. The lowest BCUT2D eigenvalue weighted by molar-refractivity contribution is 0.102. The Kier molecular flexibility index (Phi) is 6.72. The number of carbonyl (C=O) groups excluding carboxylic acids is 1. The Bertz CT molecular complexity index is 1130. The Morgan fingerprint density at radius 2 is 1.58 bits per heavy atom. The summed E-state index contributed by atoms with van der Waals surface area (Å²) >= 11 is 0. The molecule has 31 heavy (non-hydrogen) atoms. The van der Waals surface area contributed by atoms with E-state index >= 15 is 0 Å². The second-order valence-corrected chi connectivity index (χ2v) is 9.39. The van der Waals surface area contributed by atoms with Gasteiger partial charge in [0.25, 0.3) is 5.91 Å². The van der Waals surface area contributed by atoms with Gasteiger partial charge in [-0.15, -0.1) is 0 Å². The molecular weight excluding hydrogens is 412 g/mol. The van der Waals surface area contributed by atoms with Gasteiger partial charge in [0.2, 0.25) is 10.0 Å². The van der Waals surface area contributed by atoms with Crippen molar-refractivity contribution >= 4 is 33.1 Å². The lowest BCUT2D eigenvalue weighted by Gasteiger charge is -2.21. The number of nitrogens with one attached hydrogen (secondary N) is 1. The van der Waals surface area contributed by atoms with E-state index in [-0.39, 0.29) is 16.8 Å². The van der Waals surface area contributed by atoms with Crippen LogP contribution in [-0.2, 0) is 10.0 Å². The number of hydrogen-bond donors (Lipinski definition) is 1. The van der Waals surface area contributed by atoms with E-state index in [9.17, 15) is 13.2 Å². The average molecular weight is 439 g/mol. The monoisotopic (exact) mass is 438 g/mol. The van der Waals surface area contributed by atoms with Gasteiger partial charge < -0.3 is 10.2 Å². The highest BCUT2D eigenvalue weighted by Crippen LogP contribution is 2.22. The minimum Gasteiger partial charge on any atom is -0.329 e. The summed E-state index contributed by atoms with van der Waals surface area (Å²) in [6, 6.07) is 19.2. The minimum atomic E-state index is -3.57. The summed E-state index contributed by atoms with van der Waals surface area (Å²) in [5.41, 5.74) is 1.90. The van der Waals surface area contributed by atoms with Crippen molar-refractivity contribution in [2.45, 2.75) is 24.8 Å². The van der Waals surface area contributed by atoms with Crippen molar-refractivity contribution in [3.63, 3.8) is 0 Å². The number of hydrogen-bond acceptors (Lipinski definition) is 5. The number of amides is 1. The highest BCUT2D eigenvalue weighted by molar-refractivity contribution is 7.89. The molecule has 1 N–H and O–H groups in total. The molecule has 8 heteroatoms. The number of nitrogens with zero attached hydrogens (tertiary/aromatic N) is 3. The summed E-state index contributed by atoms with van der Waals surface area (Å²) in [6.45, 7) is 3.62. The fraction of sp³-hybridized carbons (Fsp3) is 0.217. The van der Waals surface area contributed by atoms with Gasteiger partial charge in [0.1, 0.15) is 5.82 Å². The van der Waals surface area contributed by atoms with Crippen LogP contribution in [0.15, 0.2) is 77.8 Å². The first kappa shape index (κ1) is 22.5. The third-order valence-electron chi connectivity index (χ3n) is 5.01. The fourth-order valence-corrected chi connectivity index (χ4v) is 4.23. The van der Waals surface area contributed by atoms with Crippen LogP contribution in [0.4, 0.5) is 17.2 Å². The predicted molar refractivity (Wildman–Crippen MR) is 123 cm³/mol. The van der Waals surface area contributed by atoms with E-state index in [2.05, 4.69) is 10.3 Å². The molecule has 7 nitrogen and oxygen atoms in total. The standard InChI is InChI=1S/C23H26N4O3S/c1-17(2)27(4)31(29,30)21-13-11-19(12-14-21)25-23(28)18-10-15-22(24-16-18)26(3)20-8-6-5-7-9-20/h5-17H,1-4H3,(H,25,28). The van der Waals surface area contributed by atoms with Gasteiger partial charge in [-0.2, -0.15) is 4.31 Å². The molecule has 1 amide bonds. The average Bonchev–Trinajstić information content (AvgIpc) is 2.79. The van der Waals surface area contributed by atoms with Crippen LogP contribution in [0.25, 0.3) is 0 Å². The number of rotatable bonds is 7. The molecule has 1 aromatic heterocycles. The molecule has 1 heterocycles. The second kappa shape index (κ2) is 9.28. The molecule has 0 atom stereocenters. The van der Waals surface area contributed by atoms with Crippen molar-refractivity contribution in [1.82, 2.24) is 9.29 Å². The van der Waals surface area contributed by atoms with Gasteiger partial charge >= 0.3 is 0 Å². The van der Waals surface area contributed by atoms with Crippen LogP contribution in [0.5, 0.6) is 0 Å². The highest BCUT2D eigenvalue weighted by atomic mass is 32.2. The zero-order valence-corrected chi connectivity index (χ0v) is 18.8. The third-order valence-corrected chi connectivity index (χ3v) is 7.06. The maximum atomic E-state index is 12.6. The summed E-state index contributed by atoms with van der Waals surface area (Å²) in [7, 11) is -0.116. The molecule has 3 rings (SSSR count). The highest BCUT2D eigenvalue weighted by Gasteiger charge is 2.22. The van der Waals surface area contributed by atoms with Gasteiger partial charge in [0, 0.05) is 37.7 Å². The van der Waals surface area contributed by atoms with Gasteiger partial charge in [-0.25, -0.2) is 13.4 Å². The van der Waals surface area contributed by atoms with Crippen LogP contribution in [0.1, 0.15) is 24.2 Å². The Hall–Kier alpha value is -3.23. The van der Waals surface area contributed by atoms with E-state index in [4.69, 9.17) is 0 Å². The van der Waals surface area contributed by atoms with Crippen LogP contribution in [-0.4, -0.2) is 43.8 Å². The number of anilines is 3. The maximum absolute atomic E-state index is 12.6. The van der Waals surface area contributed by atoms with E-state index in [0.29, 0.717) is 17.1 Å². The van der Waals surface area contributed by atoms with E-state index in [1.54, 1.807) is 31.3 Å². The van der Waals surface area contributed by atoms with E-state index in [1.807, 2.05) is 56.1 Å². The predicted octanol–water partition coefficient (Wildman–Crippen LogP) is 4.13. The van der Waals surface area contributed by atoms with Crippen molar-refractivity contribution < 1.29 is 13.2 Å². The third kappa shape index (κ3) is 5.10. The van der Waals surface area contributed by atoms with Gasteiger partial charge in [-0.1, -0.05) is 18.2 Å². The molecule has 0 bridgehead atoms. The first-order chi connectivity index (χ1) is 14.7. The number of para-hydroxylation sites is 1. The molecule has 0 fully saturated rings. The first-order valence-electron chi connectivity index (χ1n) is 9.84. The van der Waals surface area contributed by atoms with Crippen LogP contribution >= 0.6 is 0 Å². The summed E-state index contributed by atoms with van der Waals surface area (Å²) in [5, 5.41) is 2.77. The van der Waals surface area contributed by atoms with Crippen molar-refractivity contribution in [2.24, 2.45) is 0 Å². The van der Waals surface area contributed by atoms with Crippen LogP contribution < -0.4 is 10.2 Å². The fourth-order valence-electron chi connectivity index (χ4n) is 2.86. The zero-order valence-electron chi connectivity index (χ0n) is 18.0. The molecule has 0 saturated heterocycles. The molecule has 162 valence electrons. The lowest BCUT2D eigenvalue weighted by Crippen LogP contribution is -2.33.